The first-order chi connectivity index (χ1) is 5.68. The van der Waals surface area contributed by atoms with E-state index in [9.17, 15) is 0 Å². The van der Waals surface area contributed by atoms with E-state index in [0.717, 1.165) is 12.3 Å². The van der Waals surface area contributed by atoms with Crippen LogP contribution in [0.3, 0.4) is 0 Å². The molecule has 0 atom stereocenters. The molecule has 1 aromatic rings. The van der Waals surface area contributed by atoms with Crippen molar-refractivity contribution in [3.8, 4) is 0 Å². The lowest BCUT2D eigenvalue weighted by Gasteiger charge is -2.03. The molecule has 0 spiro atoms. The molecule has 1 heterocycles. The lowest BCUT2D eigenvalue weighted by molar-refractivity contribution is 0.632. The number of hydrogen-bond donors (Lipinski definition) is 1. The summed E-state index contributed by atoms with van der Waals surface area (Å²) in [6, 6.07) is 0. The maximum Gasteiger partial charge on any atom is 0.165 e. The molecule has 0 radical (unpaired) electrons. The van der Waals surface area contributed by atoms with Crippen molar-refractivity contribution in [2.24, 2.45) is 0 Å². The Morgan fingerprint density at radius 1 is 1.67 bits per heavy atom. The summed E-state index contributed by atoms with van der Waals surface area (Å²) in [5.74, 6) is 1.55. The minimum absolute atomic E-state index is 0.490. The van der Waals surface area contributed by atoms with Gasteiger partial charge in [0.2, 0.25) is 0 Å². The SMILES string of the molecule is CC(C)SCCn1cc(N)nn1. The van der Waals surface area contributed by atoms with Crippen LogP contribution in [0.5, 0.6) is 0 Å². The van der Waals surface area contributed by atoms with Crippen molar-refractivity contribution in [1.82, 2.24) is 15.0 Å². The number of anilines is 1. The molecule has 1 rings (SSSR count). The second kappa shape index (κ2) is 4.35. The van der Waals surface area contributed by atoms with Crippen LogP contribution in [0.15, 0.2) is 6.20 Å². The maximum absolute atomic E-state index is 5.41. The molecule has 0 fully saturated rings. The van der Waals surface area contributed by atoms with E-state index in [4.69, 9.17) is 5.73 Å². The lowest BCUT2D eigenvalue weighted by Crippen LogP contribution is -2.03. The van der Waals surface area contributed by atoms with Gasteiger partial charge < -0.3 is 5.73 Å². The molecule has 0 amide bonds. The Labute approximate surface area is 76.5 Å². The van der Waals surface area contributed by atoms with Gasteiger partial charge in [0, 0.05) is 5.75 Å². The molecule has 2 N–H and O–H groups in total. The molecule has 0 unspecified atom stereocenters. The van der Waals surface area contributed by atoms with Gasteiger partial charge in [-0.3, -0.25) is 0 Å². The first kappa shape index (κ1) is 9.38. The van der Waals surface area contributed by atoms with Gasteiger partial charge in [0.1, 0.15) is 0 Å². The maximum atomic E-state index is 5.41. The highest BCUT2D eigenvalue weighted by molar-refractivity contribution is 7.99. The zero-order chi connectivity index (χ0) is 8.97. The molecule has 0 aliphatic carbocycles. The topological polar surface area (TPSA) is 56.7 Å². The fraction of sp³-hybridized carbons (Fsp3) is 0.714. The standard InChI is InChI=1S/C7H14N4S/c1-6(2)12-4-3-11-5-7(8)9-10-11/h5-6H,3-4,8H2,1-2H3. The second-order valence-corrected chi connectivity index (χ2v) is 4.51. The third-order valence-electron chi connectivity index (χ3n) is 1.33. The fourth-order valence-electron chi connectivity index (χ4n) is 0.805. The minimum atomic E-state index is 0.490. The van der Waals surface area contributed by atoms with Crippen molar-refractivity contribution in [1.29, 1.82) is 0 Å². The zero-order valence-corrected chi connectivity index (χ0v) is 8.21. The van der Waals surface area contributed by atoms with Crippen molar-refractivity contribution in [2.75, 3.05) is 11.5 Å². The van der Waals surface area contributed by atoms with Gasteiger partial charge in [-0.15, -0.1) is 5.10 Å². The molecular formula is C7H14N4S. The van der Waals surface area contributed by atoms with E-state index in [-0.39, 0.29) is 0 Å². The molecular weight excluding hydrogens is 172 g/mol. The monoisotopic (exact) mass is 186 g/mol. The Bertz CT molecular complexity index is 233. The van der Waals surface area contributed by atoms with Crippen LogP contribution < -0.4 is 5.73 Å². The third-order valence-corrected chi connectivity index (χ3v) is 2.41. The normalized spacial score (nSPS) is 10.9. The molecule has 5 heteroatoms. The van der Waals surface area contributed by atoms with Crippen LogP contribution in [-0.4, -0.2) is 26.0 Å². The number of nitrogens with two attached hydrogens (primary N) is 1. The quantitative estimate of drug-likeness (QED) is 0.762. The molecule has 4 nitrogen and oxygen atoms in total. The van der Waals surface area contributed by atoms with Gasteiger partial charge in [0.05, 0.1) is 12.7 Å². The van der Waals surface area contributed by atoms with E-state index >= 15 is 0 Å². The lowest BCUT2D eigenvalue weighted by atomic mass is 10.6. The summed E-state index contributed by atoms with van der Waals surface area (Å²) >= 11 is 1.91. The molecule has 0 bridgehead atoms. The van der Waals surface area contributed by atoms with Gasteiger partial charge in [-0.05, 0) is 5.25 Å². The van der Waals surface area contributed by atoms with Crippen LogP contribution in [0, 0.1) is 0 Å². The molecule has 12 heavy (non-hydrogen) atoms. The number of aromatic nitrogens is 3. The summed E-state index contributed by atoms with van der Waals surface area (Å²) in [4.78, 5) is 0. The van der Waals surface area contributed by atoms with E-state index in [1.807, 2.05) is 11.8 Å². The first-order valence-electron chi connectivity index (χ1n) is 3.95. The van der Waals surface area contributed by atoms with Gasteiger partial charge >= 0.3 is 0 Å². The Morgan fingerprint density at radius 3 is 2.92 bits per heavy atom. The first-order valence-corrected chi connectivity index (χ1v) is 5.00. The highest BCUT2D eigenvalue weighted by atomic mass is 32.2. The number of nitrogens with zero attached hydrogens (tertiary/aromatic N) is 3. The third kappa shape index (κ3) is 3.13. The van der Waals surface area contributed by atoms with Crippen molar-refractivity contribution in [3.63, 3.8) is 0 Å². The van der Waals surface area contributed by atoms with E-state index in [2.05, 4.69) is 24.2 Å². The summed E-state index contributed by atoms with van der Waals surface area (Å²) in [6.07, 6.45) is 1.75. The summed E-state index contributed by atoms with van der Waals surface area (Å²) in [5, 5.41) is 8.21. The van der Waals surface area contributed by atoms with Crippen LogP contribution in [0.2, 0.25) is 0 Å². The zero-order valence-electron chi connectivity index (χ0n) is 7.40. The van der Waals surface area contributed by atoms with E-state index in [1.54, 1.807) is 10.9 Å². The van der Waals surface area contributed by atoms with Crippen LogP contribution in [0.25, 0.3) is 0 Å². The number of hydrogen-bond acceptors (Lipinski definition) is 4. The predicted molar refractivity (Wildman–Crippen MR) is 52.0 cm³/mol. The van der Waals surface area contributed by atoms with Crippen LogP contribution in [0.1, 0.15) is 13.8 Å². The van der Waals surface area contributed by atoms with Gasteiger partial charge in [-0.1, -0.05) is 19.1 Å². The smallest absolute Gasteiger partial charge is 0.165 e. The summed E-state index contributed by atoms with van der Waals surface area (Å²) in [6.45, 7) is 5.24. The number of thioether (sulfide) groups is 1. The molecule has 1 aromatic heterocycles. The summed E-state index contributed by atoms with van der Waals surface area (Å²) < 4.78 is 1.77. The van der Waals surface area contributed by atoms with Crippen molar-refractivity contribution < 1.29 is 0 Å². The molecule has 0 aliphatic heterocycles. The molecule has 0 saturated carbocycles. The number of nitrogen functional groups attached to an aromatic ring is 1. The fourth-order valence-corrected chi connectivity index (χ4v) is 1.57. The molecule has 0 aromatic carbocycles. The van der Waals surface area contributed by atoms with Crippen LogP contribution >= 0.6 is 11.8 Å². The Hall–Kier alpha value is -0.710. The van der Waals surface area contributed by atoms with Crippen molar-refractivity contribution >= 4 is 17.6 Å². The molecule has 0 aliphatic rings. The van der Waals surface area contributed by atoms with E-state index in [0.29, 0.717) is 11.1 Å². The highest BCUT2D eigenvalue weighted by Gasteiger charge is 1.97. The Morgan fingerprint density at radius 2 is 2.42 bits per heavy atom. The van der Waals surface area contributed by atoms with Crippen molar-refractivity contribution in [2.45, 2.75) is 25.6 Å². The Balaban J connectivity index is 2.24. The van der Waals surface area contributed by atoms with Crippen molar-refractivity contribution in [3.05, 3.63) is 6.20 Å². The molecule has 68 valence electrons. The van der Waals surface area contributed by atoms with Gasteiger partial charge in [-0.25, -0.2) is 4.68 Å². The average Bonchev–Trinajstić information content (AvgIpc) is 2.35. The number of rotatable bonds is 4. The summed E-state index contributed by atoms with van der Waals surface area (Å²) in [5.41, 5.74) is 5.41. The van der Waals surface area contributed by atoms with Gasteiger partial charge in [-0.2, -0.15) is 11.8 Å². The average molecular weight is 186 g/mol. The number of aryl methyl sites for hydroxylation is 1. The van der Waals surface area contributed by atoms with Crippen LogP contribution in [-0.2, 0) is 6.54 Å². The second-order valence-electron chi connectivity index (χ2n) is 2.83. The van der Waals surface area contributed by atoms with E-state index < -0.39 is 0 Å². The minimum Gasteiger partial charge on any atom is -0.381 e. The largest absolute Gasteiger partial charge is 0.381 e. The van der Waals surface area contributed by atoms with Gasteiger partial charge in [0.15, 0.2) is 5.82 Å². The van der Waals surface area contributed by atoms with Crippen LogP contribution in [0.4, 0.5) is 5.82 Å². The summed E-state index contributed by atoms with van der Waals surface area (Å²) in [7, 11) is 0. The van der Waals surface area contributed by atoms with Gasteiger partial charge in [0.25, 0.3) is 0 Å². The van der Waals surface area contributed by atoms with E-state index in [1.165, 1.54) is 0 Å². The Kier molecular flexibility index (Phi) is 3.40. The highest BCUT2D eigenvalue weighted by Crippen LogP contribution is 2.08. The predicted octanol–water partition coefficient (Wildman–Crippen LogP) is 1.00. The molecule has 0 saturated heterocycles.